The van der Waals surface area contributed by atoms with E-state index >= 15 is 0 Å². The molecule has 0 spiro atoms. The van der Waals surface area contributed by atoms with Gasteiger partial charge in [0.15, 0.2) is 0 Å². The minimum absolute atomic E-state index is 0.186. The van der Waals surface area contributed by atoms with Crippen LogP contribution in [-0.2, 0) is 4.21 Å². The molecular weight excluding hydrogens is 196 g/mol. The lowest BCUT2D eigenvalue weighted by Gasteiger charge is -2.17. The molecular formula is C8H7ClS2. The van der Waals surface area contributed by atoms with E-state index in [2.05, 4.69) is 22.9 Å². The highest BCUT2D eigenvalue weighted by molar-refractivity contribution is 8.04. The molecule has 0 aromatic carbocycles. The molecule has 0 amide bonds. The molecule has 0 saturated carbocycles. The number of thioether (sulfide) groups is 1. The van der Waals surface area contributed by atoms with Gasteiger partial charge in [0.1, 0.15) is 4.21 Å². The van der Waals surface area contributed by atoms with Gasteiger partial charge in [-0.2, -0.15) is 0 Å². The lowest BCUT2D eigenvalue weighted by molar-refractivity contribution is 0.923. The summed E-state index contributed by atoms with van der Waals surface area (Å²) < 4.78 is -0.186. The Bertz CT molecular complexity index is 256. The van der Waals surface area contributed by atoms with Crippen molar-refractivity contribution in [2.75, 3.05) is 0 Å². The second-order valence-corrected chi connectivity index (χ2v) is 5.42. The fourth-order valence-electron chi connectivity index (χ4n) is 1.05. The zero-order valence-corrected chi connectivity index (χ0v) is 8.18. The Morgan fingerprint density at radius 3 is 3.00 bits per heavy atom. The molecule has 0 bridgehead atoms. The smallest absolute Gasteiger partial charge is 0.131 e. The van der Waals surface area contributed by atoms with E-state index < -0.39 is 0 Å². The first-order valence-corrected chi connectivity index (χ1v) is 5.51. The maximum atomic E-state index is 6.35. The van der Waals surface area contributed by atoms with E-state index in [0.717, 1.165) is 6.42 Å². The van der Waals surface area contributed by atoms with Crippen LogP contribution in [0.15, 0.2) is 29.0 Å². The molecule has 11 heavy (non-hydrogen) atoms. The van der Waals surface area contributed by atoms with Crippen molar-refractivity contribution in [2.24, 2.45) is 0 Å². The molecule has 1 aliphatic heterocycles. The molecule has 3 heteroatoms. The maximum absolute atomic E-state index is 6.35. The first kappa shape index (κ1) is 7.71. The second kappa shape index (κ2) is 2.85. The van der Waals surface area contributed by atoms with Gasteiger partial charge in [0, 0.05) is 4.88 Å². The standard InChI is InChI=1S/C8H7ClS2/c9-8(4-2-6-11-8)7-3-1-5-10-7/h1-3,5-6H,4H2. The number of hydrogen-bond acceptors (Lipinski definition) is 2. The van der Waals surface area contributed by atoms with Crippen molar-refractivity contribution in [3.63, 3.8) is 0 Å². The van der Waals surface area contributed by atoms with Gasteiger partial charge in [-0.15, -0.1) is 34.7 Å². The molecule has 2 heterocycles. The van der Waals surface area contributed by atoms with Gasteiger partial charge in [-0.05, 0) is 23.3 Å². The van der Waals surface area contributed by atoms with Gasteiger partial charge < -0.3 is 0 Å². The molecule has 0 N–H and O–H groups in total. The summed E-state index contributed by atoms with van der Waals surface area (Å²) in [6, 6.07) is 4.14. The third kappa shape index (κ3) is 1.35. The van der Waals surface area contributed by atoms with E-state index in [-0.39, 0.29) is 4.21 Å². The van der Waals surface area contributed by atoms with Crippen LogP contribution in [0.25, 0.3) is 0 Å². The number of halogens is 1. The third-order valence-electron chi connectivity index (χ3n) is 1.62. The Balaban J connectivity index is 2.29. The Morgan fingerprint density at radius 2 is 2.45 bits per heavy atom. The van der Waals surface area contributed by atoms with Crippen LogP contribution in [0.5, 0.6) is 0 Å². The molecule has 1 aliphatic rings. The molecule has 0 saturated heterocycles. The van der Waals surface area contributed by atoms with Gasteiger partial charge in [-0.3, -0.25) is 0 Å². The third-order valence-corrected chi connectivity index (χ3v) is 4.61. The molecule has 1 aromatic heterocycles. The van der Waals surface area contributed by atoms with E-state index in [4.69, 9.17) is 11.6 Å². The Morgan fingerprint density at radius 1 is 1.55 bits per heavy atom. The lowest BCUT2D eigenvalue weighted by atomic mass is 10.2. The molecule has 58 valence electrons. The highest BCUT2D eigenvalue weighted by Crippen LogP contribution is 2.50. The average Bonchev–Trinajstić information content (AvgIpc) is 2.55. The maximum Gasteiger partial charge on any atom is 0.131 e. The largest absolute Gasteiger partial charge is 0.146 e. The van der Waals surface area contributed by atoms with Gasteiger partial charge in [-0.25, -0.2) is 0 Å². The first-order valence-electron chi connectivity index (χ1n) is 3.37. The van der Waals surface area contributed by atoms with E-state index in [1.807, 2.05) is 6.07 Å². The van der Waals surface area contributed by atoms with Crippen molar-refractivity contribution in [3.8, 4) is 0 Å². The summed E-state index contributed by atoms with van der Waals surface area (Å²) in [5, 5.41) is 4.14. The summed E-state index contributed by atoms with van der Waals surface area (Å²) in [5.74, 6) is 0. The predicted octanol–water partition coefficient (Wildman–Crippen LogP) is 3.79. The SMILES string of the molecule is ClC1(c2cccs2)CC=CS1. The number of allylic oxidation sites excluding steroid dienone is 1. The molecule has 0 aliphatic carbocycles. The molecule has 1 atom stereocenters. The summed E-state index contributed by atoms with van der Waals surface area (Å²) in [6.07, 6.45) is 3.07. The summed E-state index contributed by atoms with van der Waals surface area (Å²) in [4.78, 5) is 1.26. The normalized spacial score (nSPS) is 29.5. The molecule has 0 radical (unpaired) electrons. The zero-order valence-electron chi connectivity index (χ0n) is 5.79. The molecule has 0 nitrogen and oxygen atoms in total. The number of thiophene rings is 1. The van der Waals surface area contributed by atoms with Gasteiger partial charge in [0.25, 0.3) is 0 Å². The van der Waals surface area contributed by atoms with Crippen LogP contribution in [0, 0.1) is 0 Å². The number of alkyl halides is 1. The van der Waals surface area contributed by atoms with Crippen LogP contribution in [0.4, 0.5) is 0 Å². The molecule has 0 fully saturated rings. The monoisotopic (exact) mass is 202 g/mol. The fourth-order valence-corrected chi connectivity index (χ4v) is 3.29. The molecule has 1 aromatic rings. The van der Waals surface area contributed by atoms with Crippen molar-refractivity contribution in [1.29, 1.82) is 0 Å². The van der Waals surface area contributed by atoms with Crippen molar-refractivity contribution in [3.05, 3.63) is 33.9 Å². The topological polar surface area (TPSA) is 0 Å². The van der Waals surface area contributed by atoms with E-state index in [9.17, 15) is 0 Å². The minimum atomic E-state index is -0.186. The summed E-state index contributed by atoms with van der Waals surface area (Å²) >= 11 is 9.77. The fraction of sp³-hybridized carbons (Fsp3) is 0.250. The summed E-state index contributed by atoms with van der Waals surface area (Å²) in [5.41, 5.74) is 0. The van der Waals surface area contributed by atoms with Crippen LogP contribution in [0.1, 0.15) is 11.3 Å². The quantitative estimate of drug-likeness (QED) is 0.625. The van der Waals surface area contributed by atoms with Gasteiger partial charge in [0.05, 0.1) is 0 Å². The van der Waals surface area contributed by atoms with Crippen LogP contribution in [0.3, 0.4) is 0 Å². The highest BCUT2D eigenvalue weighted by atomic mass is 35.5. The Kier molecular flexibility index (Phi) is 2.00. The molecule has 2 rings (SSSR count). The van der Waals surface area contributed by atoms with Gasteiger partial charge >= 0.3 is 0 Å². The zero-order chi connectivity index (χ0) is 7.73. The van der Waals surface area contributed by atoms with Gasteiger partial charge in [0.2, 0.25) is 0 Å². The number of rotatable bonds is 1. The molecule has 1 unspecified atom stereocenters. The summed E-state index contributed by atoms with van der Waals surface area (Å²) in [7, 11) is 0. The Hall–Kier alpha value is 0.0800. The van der Waals surface area contributed by atoms with Crippen molar-refractivity contribution in [2.45, 2.75) is 10.6 Å². The second-order valence-electron chi connectivity index (χ2n) is 2.40. The van der Waals surface area contributed by atoms with Crippen molar-refractivity contribution < 1.29 is 0 Å². The van der Waals surface area contributed by atoms with E-state index in [1.165, 1.54) is 4.88 Å². The van der Waals surface area contributed by atoms with Gasteiger partial charge in [-0.1, -0.05) is 12.1 Å². The van der Waals surface area contributed by atoms with Crippen molar-refractivity contribution in [1.82, 2.24) is 0 Å². The summed E-state index contributed by atoms with van der Waals surface area (Å²) in [6.45, 7) is 0. The van der Waals surface area contributed by atoms with Crippen LogP contribution < -0.4 is 0 Å². The van der Waals surface area contributed by atoms with Crippen molar-refractivity contribution >= 4 is 34.7 Å². The first-order chi connectivity index (χ1) is 5.31. The van der Waals surface area contributed by atoms with Crippen LogP contribution >= 0.6 is 34.7 Å². The van der Waals surface area contributed by atoms with Crippen LogP contribution in [0.2, 0.25) is 0 Å². The van der Waals surface area contributed by atoms with Crippen LogP contribution in [-0.4, -0.2) is 0 Å². The highest BCUT2D eigenvalue weighted by Gasteiger charge is 2.32. The lowest BCUT2D eigenvalue weighted by Crippen LogP contribution is -2.05. The van der Waals surface area contributed by atoms with E-state index in [1.54, 1.807) is 23.1 Å². The Labute approximate surface area is 79.3 Å². The predicted molar refractivity (Wildman–Crippen MR) is 53.2 cm³/mol. The number of hydrogen-bond donors (Lipinski definition) is 0. The minimum Gasteiger partial charge on any atom is -0.146 e. The van der Waals surface area contributed by atoms with E-state index in [0.29, 0.717) is 0 Å². The average molecular weight is 203 g/mol.